The number of rotatable bonds is 6. The van der Waals surface area contributed by atoms with E-state index in [1.807, 2.05) is 0 Å². The number of hydrogen-bond acceptors (Lipinski definition) is 5. The lowest BCUT2D eigenvalue weighted by atomic mass is 10.2. The highest BCUT2D eigenvalue weighted by Crippen LogP contribution is 2.26. The van der Waals surface area contributed by atoms with E-state index in [1.54, 1.807) is 6.07 Å². The van der Waals surface area contributed by atoms with Crippen molar-refractivity contribution in [3.8, 4) is 0 Å². The van der Waals surface area contributed by atoms with Crippen molar-refractivity contribution in [2.75, 3.05) is 10.6 Å². The molecule has 0 bridgehead atoms. The number of halogens is 1. The van der Waals surface area contributed by atoms with Crippen LogP contribution in [0.2, 0.25) is 5.02 Å². The number of hydrogen-bond donors (Lipinski definition) is 2. The molecule has 0 fully saturated rings. The summed E-state index contributed by atoms with van der Waals surface area (Å²) in [5, 5.41) is 15.6. The highest BCUT2D eigenvalue weighted by atomic mass is 35.5. The molecule has 1 aromatic heterocycles. The first-order valence-corrected chi connectivity index (χ1v) is 6.97. The molecule has 120 valence electrons. The first-order valence-electron chi connectivity index (χ1n) is 6.60. The van der Waals surface area contributed by atoms with Gasteiger partial charge in [0.05, 0.1) is 17.0 Å². The van der Waals surface area contributed by atoms with Crippen LogP contribution < -0.4 is 15.7 Å². The van der Waals surface area contributed by atoms with E-state index in [9.17, 15) is 19.5 Å². The van der Waals surface area contributed by atoms with Gasteiger partial charge < -0.3 is 25.0 Å². The molecule has 0 unspecified atom stereocenters. The Morgan fingerprint density at radius 2 is 1.91 bits per heavy atom. The molecule has 0 aliphatic heterocycles. The van der Waals surface area contributed by atoms with Crippen molar-refractivity contribution in [3.63, 3.8) is 0 Å². The monoisotopic (exact) mass is 335 g/mol. The lowest BCUT2D eigenvalue weighted by Gasteiger charge is -2.09. The Morgan fingerprint density at radius 1 is 1.13 bits per heavy atom. The number of carbonyl (C=O) groups is 3. The molecule has 0 saturated heterocycles. The van der Waals surface area contributed by atoms with Gasteiger partial charge in [-0.1, -0.05) is 11.6 Å². The zero-order valence-corrected chi connectivity index (χ0v) is 12.6. The fraction of sp³-hybridized carbons (Fsp3) is 0.133. The van der Waals surface area contributed by atoms with Crippen LogP contribution in [-0.4, -0.2) is 17.8 Å². The van der Waals surface area contributed by atoms with E-state index in [2.05, 4.69) is 10.6 Å². The van der Waals surface area contributed by atoms with Crippen molar-refractivity contribution >= 4 is 40.8 Å². The van der Waals surface area contributed by atoms with Crippen LogP contribution in [0.15, 0.2) is 41.0 Å². The minimum Gasteiger partial charge on any atom is -0.550 e. The van der Waals surface area contributed by atoms with Gasteiger partial charge in [0.1, 0.15) is 0 Å². The molecule has 0 spiro atoms. The lowest BCUT2D eigenvalue weighted by molar-refractivity contribution is -0.305. The second kappa shape index (κ2) is 7.46. The van der Waals surface area contributed by atoms with E-state index in [1.165, 1.54) is 30.5 Å². The molecule has 23 heavy (non-hydrogen) atoms. The summed E-state index contributed by atoms with van der Waals surface area (Å²) < 4.78 is 4.96. The van der Waals surface area contributed by atoms with E-state index in [4.69, 9.17) is 16.0 Å². The van der Waals surface area contributed by atoms with Gasteiger partial charge in [0.2, 0.25) is 5.91 Å². The predicted octanol–water partition coefficient (Wildman–Crippen LogP) is 1.65. The zero-order valence-electron chi connectivity index (χ0n) is 11.8. The first-order chi connectivity index (χ1) is 11.0. The Morgan fingerprint density at radius 3 is 2.52 bits per heavy atom. The summed E-state index contributed by atoms with van der Waals surface area (Å²) in [5.74, 6) is -2.09. The predicted molar refractivity (Wildman–Crippen MR) is 81.0 cm³/mol. The standard InChI is InChI=1S/C15H13ClN2O5/c16-10-8-9(17-13(19)5-6-14(20)21)3-4-11(10)18-15(22)12-2-1-7-23-12/h1-4,7-8H,5-6H2,(H,17,19)(H,18,22)(H,20,21)/p-1. The van der Waals surface area contributed by atoms with Gasteiger partial charge in [-0.3, -0.25) is 9.59 Å². The number of aliphatic carboxylic acids is 1. The third-order valence-electron chi connectivity index (χ3n) is 2.80. The average Bonchev–Trinajstić information content (AvgIpc) is 3.02. The summed E-state index contributed by atoms with van der Waals surface area (Å²) in [5.41, 5.74) is 0.732. The van der Waals surface area contributed by atoms with Crippen molar-refractivity contribution in [1.82, 2.24) is 0 Å². The number of carboxylic acid groups (broad SMARTS) is 1. The highest BCUT2D eigenvalue weighted by Gasteiger charge is 2.11. The fourth-order valence-corrected chi connectivity index (χ4v) is 1.95. The summed E-state index contributed by atoms with van der Waals surface area (Å²) >= 11 is 6.05. The third kappa shape index (κ3) is 4.86. The Bertz CT molecular complexity index is 727. The van der Waals surface area contributed by atoms with E-state index < -0.39 is 17.8 Å². The van der Waals surface area contributed by atoms with E-state index in [0.29, 0.717) is 11.4 Å². The minimum absolute atomic E-state index is 0.140. The van der Waals surface area contributed by atoms with Crippen molar-refractivity contribution < 1.29 is 23.9 Å². The van der Waals surface area contributed by atoms with Crippen LogP contribution in [-0.2, 0) is 9.59 Å². The molecule has 0 radical (unpaired) electrons. The first kappa shape index (κ1) is 16.6. The Labute approximate surface area is 136 Å². The van der Waals surface area contributed by atoms with Gasteiger partial charge in [0.15, 0.2) is 5.76 Å². The number of anilines is 2. The molecule has 0 atom stereocenters. The average molecular weight is 336 g/mol. The number of carboxylic acids is 1. The van der Waals surface area contributed by atoms with Crippen LogP contribution in [0.3, 0.4) is 0 Å². The number of furan rings is 1. The number of nitrogens with one attached hydrogen (secondary N) is 2. The van der Waals surface area contributed by atoms with Crippen LogP contribution in [0.4, 0.5) is 11.4 Å². The molecule has 1 heterocycles. The van der Waals surface area contributed by atoms with Gasteiger partial charge in [-0.05, 0) is 36.8 Å². The fourth-order valence-electron chi connectivity index (χ4n) is 1.72. The lowest BCUT2D eigenvalue weighted by Crippen LogP contribution is -2.24. The molecular weight excluding hydrogens is 324 g/mol. The van der Waals surface area contributed by atoms with Crippen LogP contribution in [0.5, 0.6) is 0 Å². The van der Waals surface area contributed by atoms with E-state index in [0.717, 1.165) is 0 Å². The van der Waals surface area contributed by atoms with Crippen molar-refractivity contribution in [2.24, 2.45) is 0 Å². The molecule has 1 aromatic carbocycles. The molecular formula is C15H12ClN2O5-. The Kier molecular flexibility index (Phi) is 5.37. The van der Waals surface area contributed by atoms with Gasteiger partial charge in [-0.2, -0.15) is 0 Å². The van der Waals surface area contributed by atoms with Crippen LogP contribution in [0.1, 0.15) is 23.4 Å². The number of benzene rings is 1. The summed E-state index contributed by atoms with van der Waals surface area (Å²) in [7, 11) is 0. The third-order valence-corrected chi connectivity index (χ3v) is 3.11. The number of amides is 2. The van der Waals surface area contributed by atoms with E-state index in [-0.39, 0.29) is 23.6 Å². The summed E-state index contributed by atoms with van der Waals surface area (Å²) in [6.07, 6.45) is 0.815. The summed E-state index contributed by atoms with van der Waals surface area (Å²) in [4.78, 5) is 33.7. The maximum Gasteiger partial charge on any atom is 0.291 e. The Hall–Kier alpha value is -2.80. The second-order valence-corrected chi connectivity index (χ2v) is 4.95. The largest absolute Gasteiger partial charge is 0.550 e. The van der Waals surface area contributed by atoms with Gasteiger partial charge in [-0.15, -0.1) is 0 Å². The molecule has 0 aliphatic rings. The van der Waals surface area contributed by atoms with Crippen LogP contribution >= 0.6 is 11.6 Å². The molecule has 0 aliphatic carbocycles. The van der Waals surface area contributed by atoms with Crippen molar-refractivity contribution in [3.05, 3.63) is 47.4 Å². The SMILES string of the molecule is O=C([O-])CCC(=O)Nc1ccc(NC(=O)c2ccco2)c(Cl)c1. The molecule has 2 amide bonds. The van der Waals surface area contributed by atoms with Gasteiger partial charge >= 0.3 is 0 Å². The van der Waals surface area contributed by atoms with Crippen LogP contribution in [0, 0.1) is 0 Å². The molecule has 8 heteroatoms. The van der Waals surface area contributed by atoms with Gasteiger partial charge in [-0.25, -0.2) is 0 Å². The quantitative estimate of drug-likeness (QED) is 0.833. The number of carbonyl (C=O) groups excluding carboxylic acids is 3. The smallest absolute Gasteiger partial charge is 0.291 e. The minimum atomic E-state index is -1.30. The molecule has 2 N–H and O–H groups in total. The zero-order chi connectivity index (χ0) is 16.8. The Balaban J connectivity index is 1.99. The second-order valence-electron chi connectivity index (χ2n) is 4.55. The molecule has 2 aromatic rings. The maximum absolute atomic E-state index is 11.8. The topological polar surface area (TPSA) is 111 Å². The maximum atomic E-state index is 11.8. The van der Waals surface area contributed by atoms with Gasteiger partial charge in [0, 0.05) is 18.1 Å². The molecule has 2 rings (SSSR count). The summed E-state index contributed by atoms with van der Waals surface area (Å²) in [6.45, 7) is 0. The summed E-state index contributed by atoms with van der Waals surface area (Å²) in [6, 6.07) is 7.57. The highest BCUT2D eigenvalue weighted by molar-refractivity contribution is 6.34. The van der Waals surface area contributed by atoms with E-state index >= 15 is 0 Å². The van der Waals surface area contributed by atoms with Gasteiger partial charge in [0.25, 0.3) is 5.91 Å². The van der Waals surface area contributed by atoms with Crippen molar-refractivity contribution in [2.45, 2.75) is 12.8 Å². The molecule has 7 nitrogen and oxygen atoms in total. The normalized spacial score (nSPS) is 10.1. The van der Waals surface area contributed by atoms with Crippen LogP contribution in [0.25, 0.3) is 0 Å². The van der Waals surface area contributed by atoms with Crippen molar-refractivity contribution in [1.29, 1.82) is 0 Å². The molecule has 0 saturated carbocycles.